The Bertz CT molecular complexity index is 573. The fourth-order valence-corrected chi connectivity index (χ4v) is 2.99. The predicted molar refractivity (Wildman–Crippen MR) is 65.4 cm³/mol. The van der Waals surface area contributed by atoms with Gasteiger partial charge in [-0.1, -0.05) is 0 Å². The van der Waals surface area contributed by atoms with Crippen molar-refractivity contribution in [1.29, 1.82) is 0 Å². The lowest BCUT2D eigenvalue weighted by atomic mass is 9.96. The minimum absolute atomic E-state index is 0.0345. The highest BCUT2D eigenvalue weighted by atomic mass is 19.3. The van der Waals surface area contributed by atoms with Crippen LogP contribution >= 0.6 is 0 Å². The van der Waals surface area contributed by atoms with Crippen molar-refractivity contribution < 1.29 is 26.3 Å². The first-order valence-corrected chi connectivity index (χ1v) is 6.83. The van der Waals surface area contributed by atoms with Crippen LogP contribution in [0.15, 0.2) is 6.20 Å². The molecule has 9 heteroatoms. The van der Waals surface area contributed by atoms with Crippen LogP contribution in [-0.4, -0.2) is 28.0 Å². The second-order valence-corrected chi connectivity index (χ2v) is 5.76. The fourth-order valence-electron chi connectivity index (χ4n) is 2.99. The molecule has 122 valence electrons. The maximum atomic E-state index is 13.5. The monoisotopic (exact) mass is 325 g/mol. The van der Waals surface area contributed by atoms with Crippen LogP contribution in [0.3, 0.4) is 0 Å². The molecule has 2 fully saturated rings. The van der Waals surface area contributed by atoms with Gasteiger partial charge in [0.2, 0.25) is 0 Å². The molecule has 2 aliphatic rings. The molecular formula is C13H13F6N3. The largest absolute Gasteiger partial charge is 0.349 e. The van der Waals surface area contributed by atoms with E-state index in [9.17, 15) is 26.3 Å². The summed E-state index contributed by atoms with van der Waals surface area (Å²) in [4.78, 5) is 8.48. The molecule has 0 bridgehead atoms. The summed E-state index contributed by atoms with van der Waals surface area (Å²) in [7, 11) is 0. The fraction of sp³-hybridized carbons (Fsp3) is 0.692. The summed E-state index contributed by atoms with van der Waals surface area (Å²) in [5, 5.41) is 0. The van der Waals surface area contributed by atoms with Gasteiger partial charge in [0.05, 0.1) is 6.20 Å². The molecule has 1 aromatic heterocycles. The van der Waals surface area contributed by atoms with Crippen molar-refractivity contribution in [1.82, 2.24) is 9.97 Å². The highest BCUT2D eigenvalue weighted by Gasteiger charge is 2.57. The number of rotatable bonds is 3. The molecule has 1 aliphatic carbocycles. The third-order valence-corrected chi connectivity index (χ3v) is 4.20. The van der Waals surface area contributed by atoms with Crippen molar-refractivity contribution in [2.75, 3.05) is 11.4 Å². The Labute approximate surface area is 122 Å². The Morgan fingerprint density at radius 2 is 1.64 bits per heavy atom. The van der Waals surface area contributed by atoms with Gasteiger partial charge >= 0.3 is 0 Å². The molecule has 1 saturated carbocycles. The topological polar surface area (TPSA) is 29.0 Å². The maximum Gasteiger partial charge on any atom is 0.282 e. The van der Waals surface area contributed by atoms with Gasteiger partial charge in [0.15, 0.2) is 0 Å². The number of hydrogen-bond acceptors (Lipinski definition) is 3. The molecule has 22 heavy (non-hydrogen) atoms. The quantitative estimate of drug-likeness (QED) is 0.783. The van der Waals surface area contributed by atoms with Crippen molar-refractivity contribution in [3.8, 4) is 0 Å². The minimum atomic E-state index is -3.20. The van der Waals surface area contributed by atoms with E-state index in [0.29, 0.717) is 12.8 Å². The van der Waals surface area contributed by atoms with Crippen molar-refractivity contribution in [2.24, 2.45) is 0 Å². The van der Waals surface area contributed by atoms with E-state index in [1.807, 2.05) is 0 Å². The molecule has 0 unspecified atom stereocenters. The van der Waals surface area contributed by atoms with E-state index in [4.69, 9.17) is 0 Å². The van der Waals surface area contributed by atoms with Crippen LogP contribution in [0, 0.1) is 0 Å². The average molecular weight is 325 g/mol. The van der Waals surface area contributed by atoms with Gasteiger partial charge in [-0.25, -0.2) is 36.3 Å². The van der Waals surface area contributed by atoms with Crippen molar-refractivity contribution in [3.05, 3.63) is 17.6 Å². The average Bonchev–Trinajstić information content (AvgIpc) is 3.16. The Kier molecular flexibility index (Phi) is 3.48. The Morgan fingerprint density at radius 1 is 1.00 bits per heavy atom. The summed E-state index contributed by atoms with van der Waals surface area (Å²) in [5.74, 6) is -2.83. The number of nitrogens with zero attached hydrogens (tertiary/aromatic N) is 3. The van der Waals surface area contributed by atoms with Crippen molar-refractivity contribution >= 4 is 5.82 Å². The van der Waals surface area contributed by atoms with Gasteiger partial charge in [-0.05, 0) is 12.8 Å². The zero-order valence-electron chi connectivity index (χ0n) is 11.4. The first-order chi connectivity index (χ1) is 10.2. The van der Waals surface area contributed by atoms with Gasteiger partial charge in [0.25, 0.3) is 18.8 Å². The normalized spacial score (nSPS) is 22.6. The summed E-state index contributed by atoms with van der Waals surface area (Å²) in [5.41, 5.74) is -2.95. The highest BCUT2D eigenvalue weighted by Crippen LogP contribution is 2.53. The van der Waals surface area contributed by atoms with E-state index in [2.05, 4.69) is 9.97 Å². The number of alkyl halides is 6. The SMILES string of the molecule is FC(F)c1ncc(N2CCC(F)(F)CC23CC3)nc1C(F)F. The van der Waals surface area contributed by atoms with Gasteiger partial charge in [-0.2, -0.15) is 0 Å². The Balaban J connectivity index is 1.94. The smallest absolute Gasteiger partial charge is 0.282 e. The van der Waals surface area contributed by atoms with Crippen LogP contribution < -0.4 is 4.90 Å². The second kappa shape index (κ2) is 4.99. The first-order valence-electron chi connectivity index (χ1n) is 6.83. The first kappa shape index (κ1) is 15.4. The van der Waals surface area contributed by atoms with Crippen molar-refractivity contribution in [3.63, 3.8) is 0 Å². The molecule has 0 N–H and O–H groups in total. The summed E-state index contributed by atoms with van der Waals surface area (Å²) in [6.45, 7) is -0.0572. The lowest BCUT2D eigenvalue weighted by molar-refractivity contribution is -0.0375. The lowest BCUT2D eigenvalue weighted by Crippen LogP contribution is -2.49. The number of piperidine rings is 1. The molecular weight excluding hydrogens is 312 g/mol. The van der Waals surface area contributed by atoms with Crippen LogP contribution in [0.2, 0.25) is 0 Å². The van der Waals surface area contributed by atoms with Crippen molar-refractivity contribution in [2.45, 2.75) is 50.0 Å². The Hall–Kier alpha value is -1.54. The molecule has 1 aliphatic heterocycles. The summed E-state index contributed by atoms with van der Waals surface area (Å²) >= 11 is 0. The lowest BCUT2D eigenvalue weighted by Gasteiger charge is -2.40. The minimum Gasteiger partial charge on any atom is -0.349 e. The zero-order valence-corrected chi connectivity index (χ0v) is 11.4. The zero-order chi connectivity index (χ0) is 16.1. The van der Waals surface area contributed by atoms with Gasteiger partial charge in [0, 0.05) is 24.9 Å². The number of anilines is 1. The van der Waals surface area contributed by atoms with E-state index in [0.717, 1.165) is 6.20 Å². The van der Waals surface area contributed by atoms with Crippen LogP contribution in [0.1, 0.15) is 49.9 Å². The van der Waals surface area contributed by atoms with Crippen LogP contribution in [0.5, 0.6) is 0 Å². The predicted octanol–water partition coefficient (Wildman–Crippen LogP) is 4.12. The molecule has 1 aromatic rings. The standard InChI is InChI=1S/C13H13F6N3/c14-10(15)8-9(11(16)17)21-7(5-20-8)22-4-3-13(18,19)6-12(22)1-2-12/h5,10-11H,1-4,6H2. The Morgan fingerprint density at radius 3 is 2.18 bits per heavy atom. The highest BCUT2D eigenvalue weighted by molar-refractivity contribution is 5.46. The molecule has 3 nitrogen and oxygen atoms in total. The summed E-state index contributed by atoms with van der Waals surface area (Å²) < 4.78 is 78.2. The third kappa shape index (κ3) is 2.61. The van der Waals surface area contributed by atoms with Crippen LogP contribution in [0.4, 0.5) is 32.2 Å². The third-order valence-electron chi connectivity index (χ3n) is 4.20. The van der Waals surface area contributed by atoms with Gasteiger partial charge in [-0.3, -0.25) is 0 Å². The number of hydrogen-bond donors (Lipinski definition) is 0. The van der Waals surface area contributed by atoms with E-state index >= 15 is 0 Å². The molecule has 1 spiro atoms. The van der Waals surface area contributed by atoms with Gasteiger partial charge in [-0.15, -0.1) is 0 Å². The molecule has 0 atom stereocenters. The summed E-state index contributed by atoms with van der Waals surface area (Å²) in [6, 6.07) is 0. The van der Waals surface area contributed by atoms with E-state index < -0.39 is 42.1 Å². The molecule has 1 saturated heterocycles. The molecule has 3 rings (SSSR count). The van der Waals surface area contributed by atoms with Crippen LogP contribution in [0.25, 0.3) is 0 Å². The second-order valence-electron chi connectivity index (χ2n) is 5.76. The van der Waals surface area contributed by atoms with Gasteiger partial charge < -0.3 is 4.90 Å². The summed E-state index contributed by atoms with van der Waals surface area (Å²) in [6.07, 6.45) is -5.17. The molecule has 2 heterocycles. The molecule has 0 amide bonds. The molecule has 0 aromatic carbocycles. The molecule has 0 radical (unpaired) electrons. The number of aromatic nitrogens is 2. The number of halogens is 6. The van der Waals surface area contributed by atoms with E-state index in [1.54, 1.807) is 0 Å². The van der Waals surface area contributed by atoms with Gasteiger partial charge in [0.1, 0.15) is 17.2 Å². The van der Waals surface area contributed by atoms with Crippen LogP contribution in [-0.2, 0) is 0 Å². The van der Waals surface area contributed by atoms with E-state index in [-0.39, 0.29) is 18.8 Å². The van der Waals surface area contributed by atoms with E-state index in [1.165, 1.54) is 4.90 Å². The maximum absolute atomic E-state index is 13.5.